The van der Waals surface area contributed by atoms with E-state index in [4.69, 9.17) is 23.7 Å². The third-order valence-electron chi connectivity index (χ3n) is 5.75. The van der Waals surface area contributed by atoms with Crippen LogP contribution in [0.3, 0.4) is 0 Å². The molecule has 5 atom stereocenters. The number of rotatable bonds is 4. The lowest BCUT2D eigenvalue weighted by atomic mass is 10.0. The molecule has 0 aliphatic carbocycles. The van der Waals surface area contributed by atoms with Gasteiger partial charge in [-0.3, -0.25) is 4.79 Å². The van der Waals surface area contributed by atoms with Gasteiger partial charge < -0.3 is 23.7 Å². The lowest BCUT2D eigenvalue weighted by Crippen LogP contribution is -2.44. The second-order valence-electron chi connectivity index (χ2n) is 8.65. The summed E-state index contributed by atoms with van der Waals surface area (Å²) in [5, 5.41) is 0. The summed E-state index contributed by atoms with van der Waals surface area (Å²) in [4.78, 5) is 12.4. The van der Waals surface area contributed by atoms with Gasteiger partial charge in [0.15, 0.2) is 12.1 Å². The van der Waals surface area contributed by atoms with E-state index in [0.29, 0.717) is 19.4 Å². The van der Waals surface area contributed by atoms with E-state index in [1.54, 1.807) is 0 Å². The fraction of sp³-hybridized carbons (Fsp3) is 0.625. The van der Waals surface area contributed by atoms with E-state index in [1.807, 2.05) is 44.2 Å². The van der Waals surface area contributed by atoms with E-state index in [0.717, 1.165) is 31.2 Å². The standard InChI is InChI=1S/C24H32O6/c1-24(2)29-22-21(26-16-17-12-8-7-9-13-17)20(28-23(22)30-24)18-14-10-5-3-4-6-11-15-19(25)27-18/h3,5,7-9,12-13,18,20-23H,4,6,10-11,14-16H2,1-2H3/b5-3+/t18-,20-,21+,22-,23-/m1/s1. The number of esters is 1. The van der Waals surface area contributed by atoms with Gasteiger partial charge in [-0.15, -0.1) is 0 Å². The van der Waals surface area contributed by atoms with Gasteiger partial charge in [-0.2, -0.15) is 0 Å². The van der Waals surface area contributed by atoms with Gasteiger partial charge in [0.1, 0.15) is 24.4 Å². The maximum atomic E-state index is 12.4. The van der Waals surface area contributed by atoms with E-state index in [-0.39, 0.29) is 18.2 Å². The number of hydrogen-bond acceptors (Lipinski definition) is 6. The largest absolute Gasteiger partial charge is 0.459 e. The summed E-state index contributed by atoms with van der Waals surface area (Å²) in [6.45, 7) is 4.17. The molecule has 3 heterocycles. The number of cyclic esters (lactones) is 1. The second kappa shape index (κ2) is 9.60. The van der Waals surface area contributed by atoms with E-state index in [9.17, 15) is 4.79 Å². The van der Waals surface area contributed by atoms with E-state index in [1.165, 1.54) is 0 Å². The third-order valence-corrected chi connectivity index (χ3v) is 5.75. The zero-order valence-electron chi connectivity index (χ0n) is 17.8. The van der Waals surface area contributed by atoms with Crippen LogP contribution < -0.4 is 0 Å². The lowest BCUT2D eigenvalue weighted by molar-refractivity contribution is -0.233. The molecule has 0 unspecified atom stereocenters. The molecular formula is C24H32O6. The van der Waals surface area contributed by atoms with Crippen LogP contribution >= 0.6 is 0 Å². The van der Waals surface area contributed by atoms with Crippen LogP contribution in [0.1, 0.15) is 57.9 Å². The van der Waals surface area contributed by atoms with Crippen LogP contribution in [-0.4, -0.2) is 42.5 Å². The monoisotopic (exact) mass is 416 g/mol. The Hall–Kier alpha value is -1.73. The molecule has 0 spiro atoms. The highest BCUT2D eigenvalue weighted by Gasteiger charge is 2.57. The summed E-state index contributed by atoms with van der Waals surface area (Å²) >= 11 is 0. The maximum absolute atomic E-state index is 12.4. The molecule has 3 aliphatic rings. The topological polar surface area (TPSA) is 63.2 Å². The van der Waals surface area contributed by atoms with Crippen molar-refractivity contribution in [2.75, 3.05) is 0 Å². The van der Waals surface area contributed by atoms with Gasteiger partial charge in [-0.05, 0) is 51.5 Å². The smallest absolute Gasteiger partial charge is 0.306 e. The summed E-state index contributed by atoms with van der Waals surface area (Å²) < 4.78 is 30.5. The Morgan fingerprint density at radius 2 is 1.83 bits per heavy atom. The quantitative estimate of drug-likeness (QED) is 0.540. The van der Waals surface area contributed by atoms with Crippen LogP contribution in [0.4, 0.5) is 0 Å². The number of carbonyl (C=O) groups is 1. The van der Waals surface area contributed by atoms with Gasteiger partial charge in [0, 0.05) is 6.42 Å². The van der Waals surface area contributed by atoms with Gasteiger partial charge in [-0.25, -0.2) is 0 Å². The molecule has 0 saturated carbocycles. The van der Waals surface area contributed by atoms with Crippen LogP contribution in [0.2, 0.25) is 0 Å². The van der Waals surface area contributed by atoms with Crippen LogP contribution in [-0.2, 0) is 35.1 Å². The summed E-state index contributed by atoms with van der Waals surface area (Å²) in [5.74, 6) is -0.908. The van der Waals surface area contributed by atoms with Crippen molar-refractivity contribution in [3.63, 3.8) is 0 Å². The predicted molar refractivity (Wildman–Crippen MR) is 110 cm³/mol. The minimum Gasteiger partial charge on any atom is -0.459 e. The first-order valence-electron chi connectivity index (χ1n) is 11.0. The minimum atomic E-state index is -0.734. The summed E-state index contributed by atoms with van der Waals surface area (Å²) in [6, 6.07) is 10.0. The number of ether oxygens (including phenoxy) is 5. The lowest BCUT2D eigenvalue weighted by Gasteiger charge is -2.30. The van der Waals surface area contributed by atoms with Crippen molar-refractivity contribution in [3.8, 4) is 0 Å². The van der Waals surface area contributed by atoms with Crippen LogP contribution in [0.25, 0.3) is 0 Å². The van der Waals surface area contributed by atoms with Crippen molar-refractivity contribution >= 4 is 5.97 Å². The third kappa shape index (κ3) is 5.30. The first kappa shape index (κ1) is 21.5. The highest BCUT2D eigenvalue weighted by molar-refractivity contribution is 5.69. The molecule has 0 bridgehead atoms. The van der Waals surface area contributed by atoms with Gasteiger partial charge in [0.05, 0.1) is 6.61 Å². The highest BCUT2D eigenvalue weighted by Crippen LogP contribution is 2.41. The minimum absolute atomic E-state index is 0.175. The molecule has 0 amide bonds. The van der Waals surface area contributed by atoms with E-state index >= 15 is 0 Å². The molecule has 6 nitrogen and oxygen atoms in total. The van der Waals surface area contributed by atoms with E-state index < -0.39 is 24.3 Å². The number of allylic oxidation sites excluding steroid dienone is 2. The molecule has 0 radical (unpaired) electrons. The summed E-state index contributed by atoms with van der Waals surface area (Å²) in [6.07, 6.45) is 7.02. The fourth-order valence-electron chi connectivity index (χ4n) is 4.31. The molecule has 1 aromatic rings. The Morgan fingerprint density at radius 1 is 1.03 bits per heavy atom. The van der Waals surface area contributed by atoms with E-state index in [2.05, 4.69) is 12.2 Å². The second-order valence-corrected chi connectivity index (χ2v) is 8.65. The molecule has 1 aromatic carbocycles. The van der Waals surface area contributed by atoms with Crippen molar-refractivity contribution < 1.29 is 28.5 Å². The Balaban J connectivity index is 1.51. The Labute approximate surface area is 178 Å². The van der Waals surface area contributed by atoms with Crippen molar-refractivity contribution in [1.29, 1.82) is 0 Å². The van der Waals surface area contributed by atoms with Crippen molar-refractivity contribution in [2.45, 2.75) is 95.5 Å². The summed E-state index contributed by atoms with van der Waals surface area (Å²) in [7, 11) is 0. The van der Waals surface area contributed by atoms with Crippen LogP contribution in [0.5, 0.6) is 0 Å². The summed E-state index contributed by atoms with van der Waals surface area (Å²) in [5.41, 5.74) is 1.07. The molecule has 164 valence electrons. The average molecular weight is 417 g/mol. The predicted octanol–water partition coefficient (Wildman–Crippen LogP) is 4.27. The normalized spacial score (nSPS) is 35.3. The van der Waals surface area contributed by atoms with Gasteiger partial charge in [0.25, 0.3) is 0 Å². The molecular weight excluding hydrogens is 384 g/mol. The SMILES string of the molecule is CC1(C)O[C@H]2O[C@H]([C@H]3CC/C=C/CCCCC(=O)O3)[C@H](OCc3ccccc3)[C@H]2O1. The Morgan fingerprint density at radius 3 is 2.67 bits per heavy atom. The molecule has 30 heavy (non-hydrogen) atoms. The highest BCUT2D eigenvalue weighted by atomic mass is 16.8. The molecule has 2 saturated heterocycles. The Bertz CT molecular complexity index is 730. The maximum Gasteiger partial charge on any atom is 0.306 e. The Kier molecular flexibility index (Phi) is 6.88. The van der Waals surface area contributed by atoms with Gasteiger partial charge in [0.2, 0.25) is 0 Å². The van der Waals surface area contributed by atoms with Crippen LogP contribution in [0, 0.1) is 0 Å². The zero-order chi connectivity index (χ0) is 21.0. The molecule has 6 heteroatoms. The number of carbonyl (C=O) groups excluding carboxylic acids is 1. The molecule has 0 aromatic heterocycles. The zero-order valence-corrected chi connectivity index (χ0v) is 17.8. The van der Waals surface area contributed by atoms with Crippen molar-refractivity contribution in [1.82, 2.24) is 0 Å². The molecule has 4 rings (SSSR count). The van der Waals surface area contributed by atoms with Crippen molar-refractivity contribution in [3.05, 3.63) is 48.0 Å². The number of benzene rings is 1. The fourth-order valence-corrected chi connectivity index (χ4v) is 4.31. The first-order valence-corrected chi connectivity index (χ1v) is 11.0. The van der Waals surface area contributed by atoms with Gasteiger partial charge in [-0.1, -0.05) is 42.5 Å². The molecule has 3 aliphatic heterocycles. The first-order chi connectivity index (χ1) is 14.5. The van der Waals surface area contributed by atoms with Gasteiger partial charge >= 0.3 is 5.97 Å². The van der Waals surface area contributed by atoms with Crippen molar-refractivity contribution in [2.24, 2.45) is 0 Å². The van der Waals surface area contributed by atoms with Crippen LogP contribution in [0.15, 0.2) is 42.5 Å². The average Bonchev–Trinajstić information content (AvgIpc) is 3.17. The molecule has 0 N–H and O–H groups in total. The molecule has 2 fully saturated rings. The number of fused-ring (bicyclic) bond motifs is 1. The number of hydrogen-bond donors (Lipinski definition) is 0.